The van der Waals surface area contributed by atoms with Crippen LogP contribution in [0.15, 0.2) is 60.7 Å². The molecule has 16 heavy (non-hydrogen) atoms. The highest BCUT2D eigenvalue weighted by Gasteiger charge is 1.94. The van der Waals surface area contributed by atoms with E-state index in [0.717, 1.165) is 0 Å². The molecule has 0 aliphatic rings. The Balaban J connectivity index is 2.23. The van der Waals surface area contributed by atoms with Crippen molar-refractivity contribution >= 4 is 6.08 Å². The van der Waals surface area contributed by atoms with Crippen molar-refractivity contribution in [3.63, 3.8) is 0 Å². The first-order valence-corrected chi connectivity index (χ1v) is 5.42. The molecular weight excluding hydrogens is 194 g/mol. The standard InChI is InChI=1S/C15H15N/c16-12-4-5-13-8-10-15(11-9-13)14-6-2-1-3-7-14/h1-11H,12,16H2/b5-4+. The molecule has 0 aliphatic carbocycles. The van der Waals surface area contributed by atoms with Crippen LogP contribution in [-0.2, 0) is 0 Å². The van der Waals surface area contributed by atoms with E-state index in [0.29, 0.717) is 6.54 Å². The molecule has 2 rings (SSSR count). The SMILES string of the molecule is NC/C=C/c1ccc(-c2ccccc2)cc1. The van der Waals surface area contributed by atoms with Gasteiger partial charge in [-0.2, -0.15) is 0 Å². The highest BCUT2D eigenvalue weighted by Crippen LogP contribution is 2.19. The summed E-state index contributed by atoms with van der Waals surface area (Å²) in [5.74, 6) is 0. The van der Waals surface area contributed by atoms with Crippen LogP contribution in [0, 0.1) is 0 Å². The van der Waals surface area contributed by atoms with Crippen LogP contribution in [0.3, 0.4) is 0 Å². The van der Waals surface area contributed by atoms with Gasteiger partial charge in [0.2, 0.25) is 0 Å². The summed E-state index contributed by atoms with van der Waals surface area (Å²) >= 11 is 0. The third-order valence-corrected chi connectivity index (χ3v) is 2.46. The van der Waals surface area contributed by atoms with Gasteiger partial charge in [-0.05, 0) is 16.7 Å². The Kier molecular flexibility index (Phi) is 3.52. The molecule has 1 heteroatoms. The third-order valence-electron chi connectivity index (χ3n) is 2.46. The number of nitrogens with two attached hydrogens (primary N) is 1. The van der Waals surface area contributed by atoms with Gasteiger partial charge in [0.25, 0.3) is 0 Å². The normalized spacial score (nSPS) is 10.8. The van der Waals surface area contributed by atoms with Crippen LogP contribution in [0.5, 0.6) is 0 Å². The molecule has 0 unspecified atom stereocenters. The zero-order valence-corrected chi connectivity index (χ0v) is 9.14. The molecule has 2 aromatic rings. The summed E-state index contributed by atoms with van der Waals surface area (Å²) in [4.78, 5) is 0. The van der Waals surface area contributed by atoms with Gasteiger partial charge in [-0.25, -0.2) is 0 Å². The molecule has 80 valence electrons. The van der Waals surface area contributed by atoms with Crippen LogP contribution in [0.1, 0.15) is 5.56 Å². The lowest BCUT2D eigenvalue weighted by Gasteiger charge is -2.01. The summed E-state index contributed by atoms with van der Waals surface area (Å²) in [6.45, 7) is 0.584. The molecule has 0 saturated carbocycles. The van der Waals surface area contributed by atoms with Crippen LogP contribution in [-0.4, -0.2) is 6.54 Å². The molecule has 0 radical (unpaired) electrons. The summed E-state index contributed by atoms with van der Waals surface area (Å²) in [6.07, 6.45) is 3.99. The Labute approximate surface area is 96.2 Å². The lowest BCUT2D eigenvalue weighted by atomic mass is 10.0. The minimum Gasteiger partial charge on any atom is -0.327 e. The molecule has 2 N–H and O–H groups in total. The monoisotopic (exact) mass is 209 g/mol. The highest BCUT2D eigenvalue weighted by atomic mass is 14.5. The average molecular weight is 209 g/mol. The first kappa shape index (κ1) is 10.7. The Morgan fingerprint density at radius 3 is 2.06 bits per heavy atom. The van der Waals surface area contributed by atoms with E-state index in [-0.39, 0.29) is 0 Å². The van der Waals surface area contributed by atoms with Crippen LogP contribution < -0.4 is 5.73 Å². The van der Waals surface area contributed by atoms with Gasteiger partial charge in [0, 0.05) is 6.54 Å². The predicted molar refractivity (Wildman–Crippen MR) is 70.0 cm³/mol. The van der Waals surface area contributed by atoms with E-state index in [1.54, 1.807) is 0 Å². The Bertz CT molecular complexity index is 455. The minimum absolute atomic E-state index is 0.584. The van der Waals surface area contributed by atoms with Gasteiger partial charge in [-0.15, -0.1) is 0 Å². The maximum atomic E-state index is 5.41. The quantitative estimate of drug-likeness (QED) is 0.824. The molecule has 0 saturated heterocycles. The molecule has 0 spiro atoms. The van der Waals surface area contributed by atoms with Crippen molar-refractivity contribution in [1.29, 1.82) is 0 Å². The van der Waals surface area contributed by atoms with Crippen molar-refractivity contribution in [3.8, 4) is 11.1 Å². The van der Waals surface area contributed by atoms with Gasteiger partial charge >= 0.3 is 0 Å². The number of hydrogen-bond donors (Lipinski definition) is 1. The van der Waals surface area contributed by atoms with E-state index in [4.69, 9.17) is 5.73 Å². The molecule has 0 bridgehead atoms. The van der Waals surface area contributed by atoms with Gasteiger partial charge in [0.15, 0.2) is 0 Å². The molecule has 0 atom stereocenters. The Morgan fingerprint density at radius 2 is 1.44 bits per heavy atom. The van der Waals surface area contributed by atoms with E-state index < -0.39 is 0 Å². The van der Waals surface area contributed by atoms with Crippen LogP contribution in [0.25, 0.3) is 17.2 Å². The lowest BCUT2D eigenvalue weighted by molar-refractivity contribution is 1.26. The molecule has 0 heterocycles. The number of hydrogen-bond acceptors (Lipinski definition) is 1. The van der Waals surface area contributed by atoms with Gasteiger partial charge in [-0.3, -0.25) is 0 Å². The summed E-state index contributed by atoms with van der Waals surface area (Å²) < 4.78 is 0. The first-order chi connectivity index (χ1) is 7.90. The minimum atomic E-state index is 0.584. The lowest BCUT2D eigenvalue weighted by Crippen LogP contribution is -1.91. The van der Waals surface area contributed by atoms with Gasteiger partial charge in [0.05, 0.1) is 0 Å². The Morgan fingerprint density at radius 1 is 0.812 bits per heavy atom. The van der Waals surface area contributed by atoms with Crippen molar-refractivity contribution in [2.75, 3.05) is 6.54 Å². The first-order valence-electron chi connectivity index (χ1n) is 5.42. The fourth-order valence-electron chi connectivity index (χ4n) is 1.62. The number of rotatable bonds is 3. The van der Waals surface area contributed by atoms with Crippen LogP contribution >= 0.6 is 0 Å². The smallest absolute Gasteiger partial charge is 0.0110 e. The molecule has 1 nitrogen and oxygen atoms in total. The topological polar surface area (TPSA) is 26.0 Å². The second kappa shape index (κ2) is 5.29. The average Bonchev–Trinajstić information content (AvgIpc) is 2.38. The van der Waals surface area contributed by atoms with E-state index in [1.165, 1.54) is 16.7 Å². The van der Waals surface area contributed by atoms with E-state index in [1.807, 2.05) is 18.2 Å². The summed E-state index contributed by atoms with van der Waals surface area (Å²) in [5, 5.41) is 0. The Hall–Kier alpha value is -1.86. The van der Waals surface area contributed by atoms with Gasteiger partial charge in [0.1, 0.15) is 0 Å². The van der Waals surface area contributed by atoms with E-state index in [9.17, 15) is 0 Å². The van der Waals surface area contributed by atoms with Crippen molar-refractivity contribution in [1.82, 2.24) is 0 Å². The maximum Gasteiger partial charge on any atom is 0.0110 e. The van der Waals surface area contributed by atoms with Crippen molar-refractivity contribution in [2.45, 2.75) is 0 Å². The van der Waals surface area contributed by atoms with E-state index in [2.05, 4.69) is 48.5 Å². The fraction of sp³-hybridized carbons (Fsp3) is 0.0667. The maximum absolute atomic E-state index is 5.41. The fourth-order valence-corrected chi connectivity index (χ4v) is 1.62. The summed E-state index contributed by atoms with van der Waals surface area (Å²) in [5.41, 5.74) is 9.08. The zero-order chi connectivity index (χ0) is 11.2. The molecule has 0 fully saturated rings. The van der Waals surface area contributed by atoms with Gasteiger partial charge < -0.3 is 5.73 Å². The predicted octanol–water partition coefficient (Wildman–Crippen LogP) is 3.33. The molecular formula is C15H15N. The van der Waals surface area contributed by atoms with Gasteiger partial charge in [-0.1, -0.05) is 66.7 Å². The van der Waals surface area contributed by atoms with Crippen molar-refractivity contribution in [2.24, 2.45) is 5.73 Å². The van der Waals surface area contributed by atoms with Crippen molar-refractivity contribution in [3.05, 3.63) is 66.2 Å². The van der Waals surface area contributed by atoms with Crippen molar-refractivity contribution < 1.29 is 0 Å². The van der Waals surface area contributed by atoms with Crippen LogP contribution in [0.2, 0.25) is 0 Å². The highest BCUT2D eigenvalue weighted by molar-refractivity contribution is 5.65. The number of benzene rings is 2. The second-order valence-corrected chi connectivity index (χ2v) is 3.63. The molecule has 2 aromatic carbocycles. The summed E-state index contributed by atoms with van der Waals surface area (Å²) in [7, 11) is 0. The van der Waals surface area contributed by atoms with E-state index >= 15 is 0 Å². The largest absolute Gasteiger partial charge is 0.327 e. The zero-order valence-electron chi connectivity index (χ0n) is 9.14. The molecule has 0 aliphatic heterocycles. The second-order valence-electron chi connectivity index (χ2n) is 3.63. The molecule has 0 aromatic heterocycles. The summed E-state index contributed by atoms with van der Waals surface area (Å²) in [6, 6.07) is 18.8. The third kappa shape index (κ3) is 2.59. The molecule has 0 amide bonds. The van der Waals surface area contributed by atoms with Crippen LogP contribution in [0.4, 0.5) is 0 Å².